The molecule has 2 atom stereocenters. The first-order valence-corrected chi connectivity index (χ1v) is 15.8. The summed E-state index contributed by atoms with van der Waals surface area (Å²) < 4.78 is 13.3. The highest BCUT2D eigenvalue weighted by molar-refractivity contribution is 6.74. The van der Waals surface area contributed by atoms with Crippen LogP contribution in [0.15, 0.2) is 47.5 Å². The topological polar surface area (TPSA) is 73.1 Å². The normalized spacial score (nSPS) is 25.4. The van der Waals surface area contributed by atoms with Crippen molar-refractivity contribution in [2.45, 2.75) is 84.9 Å². The first kappa shape index (κ1) is 27.5. The number of aliphatic imine (C=N–C) groups is 1. The van der Waals surface area contributed by atoms with E-state index in [1.165, 1.54) is 0 Å². The Bertz CT molecular complexity index is 1250. The Morgan fingerprint density at radius 1 is 1.00 bits per heavy atom. The number of fused-ring (bicyclic) bond motifs is 1. The minimum atomic E-state index is -2.18. The maximum Gasteiger partial charge on any atom is 0.261 e. The van der Waals surface area contributed by atoms with Crippen LogP contribution in [0.2, 0.25) is 18.1 Å². The highest BCUT2D eigenvalue weighted by atomic mass is 28.4. The molecule has 0 radical (unpaired) electrons. The number of nitriles is 1. The molecule has 0 amide bonds. The zero-order valence-corrected chi connectivity index (χ0v) is 24.9. The summed E-state index contributed by atoms with van der Waals surface area (Å²) in [5, 5.41) is 9.09. The molecule has 37 heavy (non-hydrogen) atoms. The van der Waals surface area contributed by atoms with E-state index < -0.39 is 19.7 Å². The maximum atomic E-state index is 9.08. The van der Waals surface area contributed by atoms with Crippen LogP contribution in [0, 0.1) is 22.2 Å². The van der Waals surface area contributed by atoms with Gasteiger partial charge >= 0.3 is 0 Å². The minimum absolute atomic E-state index is 0.0138. The Morgan fingerprint density at radius 3 is 2.16 bits per heavy atom. The summed E-state index contributed by atoms with van der Waals surface area (Å²) >= 11 is 0. The first-order valence-electron chi connectivity index (χ1n) is 12.9. The zero-order valence-electron chi connectivity index (χ0n) is 23.9. The number of hydrogen-bond donors (Lipinski definition) is 0. The molecule has 2 aromatic carbocycles. The molecular formula is C30H40N2O4Si. The molecule has 2 unspecified atom stereocenters. The second-order valence-electron chi connectivity index (χ2n) is 13.4. The van der Waals surface area contributed by atoms with Crippen LogP contribution >= 0.6 is 0 Å². The Hall–Kier alpha value is -2.50. The van der Waals surface area contributed by atoms with E-state index >= 15 is 0 Å². The summed E-state index contributed by atoms with van der Waals surface area (Å²) in [5.74, 6) is -0.272. The van der Waals surface area contributed by atoms with Gasteiger partial charge < -0.3 is 9.16 Å². The molecule has 0 N–H and O–H groups in total. The molecule has 2 saturated heterocycles. The van der Waals surface area contributed by atoms with E-state index in [4.69, 9.17) is 24.2 Å². The fraction of sp³-hybridized carbons (Fsp3) is 0.533. The van der Waals surface area contributed by atoms with Gasteiger partial charge in [-0.2, -0.15) is 10.1 Å². The zero-order chi connectivity index (χ0) is 27.5. The first-order chi connectivity index (χ1) is 17.0. The van der Waals surface area contributed by atoms with Crippen LogP contribution in [-0.4, -0.2) is 26.7 Å². The van der Waals surface area contributed by atoms with E-state index in [-0.39, 0.29) is 15.9 Å². The molecule has 198 valence electrons. The molecule has 2 aromatic rings. The molecule has 0 bridgehead atoms. The Labute approximate surface area is 222 Å². The SMILES string of the molecule is CC(C)(C)C12OOC1(c1ccc(C=Nc3ccc(C#N)cc3)c(O[Si](C)(C)C(C)(C)C)c1)OCC2(C)C. The lowest BCUT2D eigenvalue weighted by molar-refractivity contribution is -0.626. The predicted octanol–water partition coefficient (Wildman–Crippen LogP) is 7.65. The lowest BCUT2D eigenvalue weighted by Gasteiger charge is -2.61. The molecule has 0 aliphatic carbocycles. The van der Waals surface area contributed by atoms with Gasteiger partial charge in [0.05, 0.1) is 23.9 Å². The predicted molar refractivity (Wildman–Crippen MR) is 148 cm³/mol. The van der Waals surface area contributed by atoms with Crippen LogP contribution in [-0.2, 0) is 20.3 Å². The molecule has 2 aliphatic rings. The van der Waals surface area contributed by atoms with E-state index in [0.29, 0.717) is 12.2 Å². The van der Waals surface area contributed by atoms with Crippen molar-refractivity contribution in [3.8, 4) is 11.8 Å². The van der Waals surface area contributed by atoms with Crippen LogP contribution in [0.1, 0.15) is 72.1 Å². The summed E-state index contributed by atoms with van der Waals surface area (Å²) in [4.78, 5) is 16.6. The van der Waals surface area contributed by atoms with Crippen molar-refractivity contribution in [2.75, 3.05) is 6.61 Å². The van der Waals surface area contributed by atoms with Crippen molar-refractivity contribution < 1.29 is 18.9 Å². The third-order valence-corrected chi connectivity index (χ3v) is 12.6. The van der Waals surface area contributed by atoms with Gasteiger partial charge in [0.2, 0.25) is 0 Å². The van der Waals surface area contributed by atoms with E-state index in [1.54, 1.807) is 12.1 Å². The van der Waals surface area contributed by atoms with Crippen molar-refractivity contribution in [3.63, 3.8) is 0 Å². The average Bonchev–Trinajstić information content (AvgIpc) is 2.93. The monoisotopic (exact) mass is 520 g/mol. The third-order valence-electron chi connectivity index (χ3n) is 8.31. The fourth-order valence-electron chi connectivity index (χ4n) is 5.37. The number of rotatable bonds is 5. The molecule has 4 rings (SSSR count). The van der Waals surface area contributed by atoms with Crippen LogP contribution in [0.25, 0.3) is 0 Å². The molecule has 0 saturated carbocycles. The van der Waals surface area contributed by atoms with Crippen LogP contribution < -0.4 is 4.43 Å². The van der Waals surface area contributed by atoms with Gasteiger partial charge in [0.1, 0.15) is 5.75 Å². The second-order valence-corrected chi connectivity index (χ2v) is 18.1. The van der Waals surface area contributed by atoms with Gasteiger partial charge in [-0.15, -0.1) is 0 Å². The summed E-state index contributed by atoms with van der Waals surface area (Å²) in [7, 11) is -2.18. The number of ether oxygens (including phenoxy) is 1. The summed E-state index contributed by atoms with van der Waals surface area (Å²) in [6, 6.07) is 15.4. The van der Waals surface area contributed by atoms with Gasteiger partial charge in [-0.25, -0.2) is 4.89 Å². The van der Waals surface area contributed by atoms with Gasteiger partial charge in [-0.1, -0.05) is 61.5 Å². The molecule has 0 spiro atoms. The molecule has 2 aliphatic heterocycles. The van der Waals surface area contributed by atoms with E-state index in [1.807, 2.05) is 36.5 Å². The van der Waals surface area contributed by atoms with E-state index in [0.717, 1.165) is 22.6 Å². The van der Waals surface area contributed by atoms with Gasteiger partial charge in [0, 0.05) is 28.2 Å². The van der Waals surface area contributed by atoms with Crippen molar-refractivity contribution >= 4 is 20.2 Å². The molecular weight excluding hydrogens is 480 g/mol. The highest BCUT2D eigenvalue weighted by Gasteiger charge is 2.81. The Balaban J connectivity index is 1.81. The van der Waals surface area contributed by atoms with Crippen molar-refractivity contribution in [3.05, 3.63) is 59.2 Å². The lowest BCUT2D eigenvalue weighted by atomic mass is 9.57. The number of nitrogens with zero attached hydrogens (tertiary/aromatic N) is 2. The highest BCUT2D eigenvalue weighted by Crippen LogP contribution is 2.69. The van der Waals surface area contributed by atoms with Crippen molar-refractivity contribution in [2.24, 2.45) is 15.8 Å². The number of hydrogen-bond acceptors (Lipinski definition) is 6. The largest absolute Gasteiger partial charge is 0.543 e. The van der Waals surface area contributed by atoms with E-state index in [2.05, 4.69) is 79.5 Å². The summed E-state index contributed by atoms with van der Waals surface area (Å²) in [6.45, 7) is 22.5. The number of benzene rings is 2. The second kappa shape index (κ2) is 8.77. The third kappa shape index (κ3) is 4.24. The van der Waals surface area contributed by atoms with Crippen LogP contribution in [0.3, 0.4) is 0 Å². The molecule has 6 nitrogen and oxygen atoms in total. The fourth-order valence-corrected chi connectivity index (χ4v) is 6.40. The average molecular weight is 521 g/mol. The summed E-state index contributed by atoms with van der Waals surface area (Å²) in [6.07, 6.45) is 1.82. The quantitative estimate of drug-likeness (QED) is 0.230. The van der Waals surface area contributed by atoms with Gasteiger partial charge in [0.15, 0.2) is 5.60 Å². The van der Waals surface area contributed by atoms with E-state index in [9.17, 15) is 0 Å². The summed E-state index contributed by atoms with van der Waals surface area (Å²) in [5.41, 5.74) is 1.94. The minimum Gasteiger partial charge on any atom is -0.543 e. The van der Waals surface area contributed by atoms with Gasteiger partial charge in [-0.3, -0.25) is 4.99 Å². The lowest BCUT2D eigenvalue weighted by Crippen LogP contribution is -2.73. The smallest absolute Gasteiger partial charge is 0.261 e. The van der Waals surface area contributed by atoms with Crippen LogP contribution in [0.5, 0.6) is 5.75 Å². The van der Waals surface area contributed by atoms with Crippen LogP contribution in [0.4, 0.5) is 5.69 Å². The van der Waals surface area contributed by atoms with Crippen molar-refractivity contribution in [1.82, 2.24) is 0 Å². The molecule has 7 heteroatoms. The van der Waals surface area contributed by atoms with Crippen molar-refractivity contribution in [1.29, 1.82) is 5.26 Å². The standard InChI is InChI=1S/C30H40N2O4Si/c1-26(2,3)30-28(7,8)20-33-29(30,35-36-30)23-14-13-22(19-32-24-15-11-21(18-31)12-16-24)25(17-23)34-37(9,10)27(4,5)6/h11-17,19H,20H2,1-10H3. The molecule has 2 fully saturated rings. The Morgan fingerprint density at radius 2 is 1.65 bits per heavy atom. The molecule has 0 aromatic heterocycles. The van der Waals surface area contributed by atoms with Gasteiger partial charge in [-0.05, 0) is 54.5 Å². The van der Waals surface area contributed by atoms with Gasteiger partial charge in [0.25, 0.3) is 14.1 Å². The Kier molecular flexibility index (Phi) is 6.53. The maximum absolute atomic E-state index is 9.08. The molecule has 2 heterocycles.